The highest BCUT2D eigenvalue weighted by molar-refractivity contribution is 5.82. The van der Waals surface area contributed by atoms with E-state index in [9.17, 15) is 9.90 Å². The van der Waals surface area contributed by atoms with Crippen molar-refractivity contribution in [3.63, 3.8) is 0 Å². The minimum Gasteiger partial charge on any atom is -0.497 e. The second kappa shape index (κ2) is 5.53. The molecule has 0 fully saturated rings. The predicted octanol–water partition coefficient (Wildman–Crippen LogP) is 0.362. The van der Waals surface area contributed by atoms with E-state index in [1.165, 1.54) is 0 Å². The van der Waals surface area contributed by atoms with E-state index >= 15 is 0 Å². The van der Waals surface area contributed by atoms with Gasteiger partial charge >= 0.3 is 0 Å². The molecule has 21 heavy (non-hydrogen) atoms. The van der Waals surface area contributed by atoms with Crippen LogP contribution in [0.15, 0.2) is 30.6 Å². The molecule has 1 aromatic heterocycles. The summed E-state index contributed by atoms with van der Waals surface area (Å²) >= 11 is 0. The normalized spacial score (nSPS) is 15.4. The number of aromatic nitrogens is 3. The molecule has 2 heterocycles. The average Bonchev–Trinajstić information content (AvgIpc) is 3.01. The highest BCUT2D eigenvalue weighted by atomic mass is 16.5. The minimum absolute atomic E-state index is 0.336. The van der Waals surface area contributed by atoms with Crippen molar-refractivity contribution in [1.82, 2.24) is 19.7 Å². The Kier molecular flexibility index (Phi) is 3.57. The fourth-order valence-electron chi connectivity index (χ4n) is 2.38. The number of fused-ring (bicyclic) bond motifs is 1. The molecular formula is C14H16N4O3. The van der Waals surface area contributed by atoms with Crippen molar-refractivity contribution >= 4 is 5.91 Å². The van der Waals surface area contributed by atoms with Gasteiger partial charge in [0.2, 0.25) is 0 Å². The number of hydrogen-bond donors (Lipinski definition) is 1. The van der Waals surface area contributed by atoms with Gasteiger partial charge in [0.05, 0.1) is 13.7 Å². The summed E-state index contributed by atoms with van der Waals surface area (Å²) in [5, 5.41) is 18.1. The maximum atomic E-state index is 12.4. The molecule has 1 atom stereocenters. The summed E-state index contributed by atoms with van der Waals surface area (Å²) in [4.78, 5) is 14.0. The number of carbonyl (C=O) groups is 1. The van der Waals surface area contributed by atoms with Gasteiger partial charge in [-0.1, -0.05) is 12.1 Å². The molecule has 0 bridgehead atoms. The van der Waals surface area contributed by atoms with Crippen molar-refractivity contribution in [2.24, 2.45) is 0 Å². The highest BCUT2D eigenvalue weighted by Gasteiger charge is 2.27. The van der Waals surface area contributed by atoms with Crippen LogP contribution in [0.25, 0.3) is 0 Å². The average molecular weight is 288 g/mol. The zero-order valence-electron chi connectivity index (χ0n) is 11.6. The Morgan fingerprint density at radius 2 is 2.29 bits per heavy atom. The molecule has 0 saturated heterocycles. The van der Waals surface area contributed by atoms with E-state index in [1.54, 1.807) is 42.6 Å². The molecule has 1 aromatic carbocycles. The van der Waals surface area contributed by atoms with Gasteiger partial charge in [0.15, 0.2) is 11.9 Å². The quantitative estimate of drug-likeness (QED) is 0.882. The number of ether oxygens (including phenoxy) is 1. The standard InChI is InChI=1S/C14H16N4O3/c1-21-11-4-2-3-10(7-11)13(19)14(20)17-5-6-18-9-15-16-12(18)8-17/h2-4,7,9,13,19H,5-6,8H2,1H3. The second-order valence-corrected chi connectivity index (χ2v) is 4.88. The van der Waals surface area contributed by atoms with E-state index in [4.69, 9.17) is 4.74 Å². The Hall–Kier alpha value is -2.41. The van der Waals surface area contributed by atoms with Gasteiger partial charge in [0.1, 0.15) is 12.1 Å². The summed E-state index contributed by atoms with van der Waals surface area (Å²) in [6, 6.07) is 6.88. The zero-order valence-corrected chi connectivity index (χ0v) is 11.6. The molecule has 1 N–H and O–H groups in total. The van der Waals surface area contributed by atoms with Crippen molar-refractivity contribution in [1.29, 1.82) is 0 Å². The maximum Gasteiger partial charge on any atom is 0.256 e. The number of carbonyl (C=O) groups excluding carboxylic acids is 1. The lowest BCUT2D eigenvalue weighted by molar-refractivity contribution is -0.142. The predicted molar refractivity (Wildman–Crippen MR) is 73.4 cm³/mol. The number of amides is 1. The topological polar surface area (TPSA) is 80.5 Å². The summed E-state index contributed by atoms with van der Waals surface area (Å²) in [6.07, 6.45) is 0.449. The third-order valence-electron chi connectivity index (χ3n) is 3.59. The molecule has 7 heteroatoms. The van der Waals surface area contributed by atoms with Gasteiger partial charge in [-0.2, -0.15) is 0 Å². The Morgan fingerprint density at radius 1 is 1.43 bits per heavy atom. The van der Waals surface area contributed by atoms with Crippen LogP contribution in [0.5, 0.6) is 5.75 Å². The van der Waals surface area contributed by atoms with Gasteiger partial charge in [-0.15, -0.1) is 10.2 Å². The molecule has 0 saturated carbocycles. The number of rotatable bonds is 3. The first-order valence-corrected chi connectivity index (χ1v) is 6.66. The van der Waals surface area contributed by atoms with E-state index < -0.39 is 6.10 Å². The van der Waals surface area contributed by atoms with E-state index in [0.29, 0.717) is 30.9 Å². The molecule has 0 aliphatic carbocycles. The summed E-state index contributed by atoms with van der Waals surface area (Å²) in [5.74, 6) is 1.00. The molecule has 2 aromatic rings. The lowest BCUT2D eigenvalue weighted by Gasteiger charge is -2.29. The molecule has 110 valence electrons. The summed E-state index contributed by atoms with van der Waals surface area (Å²) in [7, 11) is 1.55. The SMILES string of the molecule is COc1cccc(C(O)C(=O)N2CCn3cnnc3C2)c1. The van der Waals surface area contributed by atoms with E-state index in [0.717, 1.165) is 5.82 Å². The third kappa shape index (κ3) is 2.59. The minimum atomic E-state index is -1.20. The van der Waals surface area contributed by atoms with Crippen LogP contribution in [0.1, 0.15) is 17.5 Å². The largest absolute Gasteiger partial charge is 0.497 e. The smallest absolute Gasteiger partial charge is 0.256 e. The molecule has 1 unspecified atom stereocenters. The van der Waals surface area contributed by atoms with E-state index in [-0.39, 0.29) is 5.91 Å². The number of aliphatic hydroxyl groups excluding tert-OH is 1. The third-order valence-corrected chi connectivity index (χ3v) is 3.59. The highest BCUT2D eigenvalue weighted by Crippen LogP contribution is 2.22. The first-order chi connectivity index (χ1) is 10.2. The number of methoxy groups -OCH3 is 1. The van der Waals surface area contributed by atoms with Gasteiger partial charge < -0.3 is 19.3 Å². The summed E-state index contributed by atoms with van der Waals surface area (Å²) in [6.45, 7) is 1.53. The molecule has 7 nitrogen and oxygen atoms in total. The van der Waals surface area contributed by atoms with Crippen LogP contribution in [-0.2, 0) is 17.9 Å². The molecule has 1 aliphatic heterocycles. The van der Waals surface area contributed by atoms with Crippen LogP contribution in [0.2, 0.25) is 0 Å². The van der Waals surface area contributed by atoms with E-state index in [1.807, 2.05) is 4.57 Å². The fraction of sp³-hybridized carbons (Fsp3) is 0.357. The van der Waals surface area contributed by atoms with Crippen LogP contribution < -0.4 is 4.74 Å². The number of hydrogen-bond acceptors (Lipinski definition) is 5. The van der Waals surface area contributed by atoms with Gasteiger partial charge in [-0.3, -0.25) is 4.79 Å². The van der Waals surface area contributed by atoms with Gasteiger partial charge in [0.25, 0.3) is 5.91 Å². The van der Waals surface area contributed by atoms with Crippen molar-refractivity contribution in [2.45, 2.75) is 19.2 Å². The zero-order chi connectivity index (χ0) is 14.8. The molecule has 0 spiro atoms. The van der Waals surface area contributed by atoms with Gasteiger partial charge in [0, 0.05) is 13.1 Å². The molecule has 0 radical (unpaired) electrons. The number of aliphatic hydroxyl groups is 1. The number of benzene rings is 1. The summed E-state index contributed by atoms with van der Waals surface area (Å²) < 4.78 is 7.01. The number of nitrogens with zero attached hydrogens (tertiary/aromatic N) is 4. The lowest BCUT2D eigenvalue weighted by atomic mass is 10.1. The van der Waals surface area contributed by atoms with Crippen molar-refractivity contribution < 1.29 is 14.6 Å². The van der Waals surface area contributed by atoms with Crippen LogP contribution >= 0.6 is 0 Å². The Labute approximate surface area is 121 Å². The van der Waals surface area contributed by atoms with Crippen molar-refractivity contribution in [3.05, 3.63) is 42.0 Å². The molecule has 1 amide bonds. The first-order valence-electron chi connectivity index (χ1n) is 6.66. The van der Waals surface area contributed by atoms with Crippen LogP contribution in [0, 0.1) is 0 Å². The van der Waals surface area contributed by atoms with Crippen molar-refractivity contribution in [3.8, 4) is 5.75 Å². The van der Waals surface area contributed by atoms with Gasteiger partial charge in [-0.05, 0) is 17.7 Å². The van der Waals surface area contributed by atoms with Crippen molar-refractivity contribution in [2.75, 3.05) is 13.7 Å². The fourth-order valence-corrected chi connectivity index (χ4v) is 2.38. The van der Waals surface area contributed by atoms with Crippen LogP contribution in [0.3, 0.4) is 0 Å². The Balaban J connectivity index is 1.76. The molecule has 1 aliphatic rings. The molecule has 3 rings (SSSR count). The first kappa shape index (κ1) is 13.6. The van der Waals surface area contributed by atoms with E-state index in [2.05, 4.69) is 10.2 Å². The van der Waals surface area contributed by atoms with Crippen LogP contribution in [-0.4, -0.2) is 44.3 Å². The maximum absolute atomic E-state index is 12.4. The molecular weight excluding hydrogens is 272 g/mol. The summed E-state index contributed by atoms with van der Waals surface area (Å²) in [5.41, 5.74) is 0.520. The van der Waals surface area contributed by atoms with Crippen LogP contribution in [0.4, 0.5) is 0 Å². The monoisotopic (exact) mass is 288 g/mol. The lowest BCUT2D eigenvalue weighted by Crippen LogP contribution is -2.40. The Bertz CT molecular complexity index is 655. The van der Waals surface area contributed by atoms with Gasteiger partial charge in [-0.25, -0.2) is 0 Å². The Morgan fingerprint density at radius 3 is 3.10 bits per heavy atom. The second-order valence-electron chi connectivity index (χ2n) is 4.88.